The zero-order valence-electron chi connectivity index (χ0n) is 18.3. The summed E-state index contributed by atoms with van der Waals surface area (Å²) in [7, 11) is -3.03. The molecule has 2 heterocycles. The van der Waals surface area contributed by atoms with Crippen molar-refractivity contribution in [2.75, 3.05) is 13.7 Å². The van der Waals surface area contributed by atoms with Gasteiger partial charge in [-0.3, -0.25) is 9.59 Å². The zero-order chi connectivity index (χ0) is 24.8. The van der Waals surface area contributed by atoms with E-state index < -0.39 is 39.2 Å². The number of nitrogens with one attached hydrogen (secondary N) is 1. The average molecular weight is 485 g/mol. The van der Waals surface area contributed by atoms with Crippen molar-refractivity contribution >= 4 is 21.8 Å². The van der Waals surface area contributed by atoms with Gasteiger partial charge in [0.05, 0.1) is 18.4 Å². The van der Waals surface area contributed by atoms with E-state index in [0.717, 1.165) is 16.5 Å². The van der Waals surface area contributed by atoms with Crippen LogP contribution < -0.4 is 9.46 Å². The van der Waals surface area contributed by atoms with E-state index in [1.807, 2.05) is 4.72 Å². The van der Waals surface area contributed by atoms with E-state index in [1.54, 1.807) is 13.0 Å². The number of aryl methyl sites for hydroxylation is 2. The molecule has 1 unspecified atom stereocenters. The van der Waals surface area contributed by atoms with Gasteiger partial charge in [-0.15, -0.1) is 0 Å². The van der Waals surface area contributed by atoms with E-state index in [4.69, 9.17) is 4.74 Å². The molecule has 0 aliphatic carbocycles. The molecule has 2 amide bonds. The van der Waals surface area contributed by atoms with Crippen LogP contribution in [0.3, 0.4) is 0 Å². The highest BCUT2D eigenvalue weighted by Gasteiger charge is 2.51. The Morgan fingerprint density at radius 2 is 1.85 bits per heavy atom. The van der Waals surface area contributed by atoms with Crippen molar-refractivity contribution in [1.29, 1.82) is 0 Å². The lowest BCUT2D eigenvalue weighted by Crippen LogP contribution is -2.67. The molecule has 1 atom stereocenters. The number of pyridine rings is 1. The number of amides is 2. The first-order valence-electron chi connectivity index (χ1n) is 9.79. The summed E-state index contributed by atoms with van der Waals surface area (Å²) >= 11 is 0. The monoisotopic (exact) mass is 485 g/mol. The van der Waals surface area contributed by atoms with Crippen molar-refractivity contribution in [3.05, 3.63) is 52.8 Å². The second-order valence-corrected chi connectivity index (χ2v) is 9.55. The molecule has 0 bridgehead atoms. The third-order valence-electron chi connectivity index (χ3n) is 5.59. The number of benzene rings is 1. The van der Waals surface area contributed by atoms with Crippen LogP contribution in [0.1, 0.15) is 40.7 Å². The van der Waals surface area contributed by atoms with Crippen LogP contribution in [-0.2, 0) is 21.0 Å². The molecule has 3 rings (SSSR count). The van der Waals surface area contributed by atoms with Gasteiger partial charge in [0.2, 0.25) is 0 Å². The van der Waals surface area contributed by atoms with Gasteiger partial charge in [0.25, 0.3) is 21.8 Å². The summed E-state index contributed by atoms with van der Waals surface area (Å²) in [5.74, 6) is -1.61. The molecule has 1 aliphatic heterocycles. The van der Waals surface area contributed by atoms with E-state index in [2.05, 4.69) is 4.98 Å². The van der Waals surface area contributed by atoms with E-state index in [9.17, 15) is 31.2 Å². The van der Waals surface area contributed by atoms with Gasteiger partial charge in [-0.25, -0.2) is 18.1 Å². The highest BCUT2D eigenvalue weighted by Crippen LogP contribution is 2.34. The second-order valence-electron chi connectivity index (χ2n) is 7.90. The molecule has 33 heavy (non-hydrogen) atoms. The summed E-state index contributed by atoms with van der Waals surface area (Å²) in [6, 6.07) is 6.03. The van der Waals surface area contributed by atoms with E-state index >= 15 is 0 Å². The molecule has 2 aromatic rings. The third kappa shape index (κ3) is 4.52. The molecule has 1 aromatic heterocycles. The predicted molar refractivity (Wildman–Crippen MR) is 111 cm³/mol. The molecule has 0 spiro atoms. The number of methoxy groups -OCH3 is 1. The lowest BCUT2D eigenvalue weighted by Gasteiger charge is -2.48. The number of hydrogen-bond donors (Lipinski definition) is 1. The maximum atomic E-state index is 13.0. The molecule has 0 radical (unpaired) electrons. The van der Waals surface area contributed by atoms with Crippen molar-refractivity contribution in [2.45, 2.75) is 43.8 Å². The third-order valence-corrected chi connectivity index (χ3v) is 6.97. The van der Waals surface area contributed by atoms with Crippen molar-refractivity contribution in [2.24, 2.45) is 0 Å². The summed E-state index contributed by atoms with van der Waals surface area (Å²) in [4.78, 5) is 30.2. The number of aromatic nitrogens is 1. The van der Waals surface area contributed by atoms with Crippen LogP contribution in [0.25, 0.3) is 0 Å². The number of hydrogen-bond acceptors (Lipinski definition) is 6. The van der Waals surface area contributed by atoms with Crippen molar-refractivity contribution in [1.82, 2.24) is 14.6 Å². The fourth-order valence-corrected chi connectivity index (χ4v) is 4.72. The molecule has 12 heteroatoms. The molecule has 1 fully saturated rings. The Labute approximate surface area is 188 Å². The highest BCUT2D eigenvalue weighted by molar-refractivity contribution is 7.90. The average Bonchev–Trinajstić information content (AvgIpc) is 2.70. The quantitative estimate of drug-likeness (QED) is 0.698. The van der Waals surface area contributed by atoms with Crippen LogP contribution in [0.5, 0.6) is 5.75 Å². The molecule has 0 saturated carbocycles. The maximum Gasteiger partial charge on any atom is 0.433 e. The van der Waals surface area contributed by atoms with Gasteiger partial charge in [0.15, 0.2) is 0 Å². The first-order valence-corrected chi connectivity index (χ1v) is 11.3. The summed E-state index contributed by atoms with van der Waals surface area (Å²) in [5.41, 5.74) is -2.16. The lowest BCUT2D eigenvalue weighted by atomic mass is 9.85. The smallest absolute Gasteiger partial charge is 0.433 e. The Balaban J connectivity index is 1.84. The Morgan fingerprint density at radius 3 is 2.36 bits per heavy atom. The number of likely N-dealkylation sites (tertiary alicyclic amines) is 1. The second kappa shape index (κ2) is 8.32. The van der Waals surface area contributed by atoms with Gasteiger partial charge in [0, 0.05) is 6.54 Å². The molecular formula is C21H22F3N3O5S. The van der Waals surface area contributed by atoms with Gasteiger partial charge in [0.1, 0.15) is 21.9 Å². The van der Waals surface area contributed by atoms with Crippen LogP contribution in [0.15, 0.2) is 35.2 Å². The summed E-state index contributed by atoms with van der Waals surface area (Å²) in [6.07, 6.45) is -4.50. The molecule has 1 N–H and O–H groups in total. The van der Waals surface area contributed by atoms with Gasteiger partial charge in [-0.2, -0.15) is 13.2 Å². The maximum absolute atomic E-state index is 13.0. The number of ether oxygens (including phenoxy) is 1. The SMILES string of the molecule is COc1cc(C)ccc1S(=O)(=O)NC(=O)C1(C)CCN1C(=O)c1ccc(C(F)(F)F)nc1C. The van der Waals surface area contributed by atoms with Crippen LogP contribution in [0.4, 0.5) is 13.2 Å². The van der Waals surface area contributed by atoms with Crippen LogP contribution in [-0.4, -0.2) is 49.3 Å². The zero-order valence-corrected chi connectivity index (χ0v) is 19.1. The van der Waals surface area contributed by atoms with Crippen molar-refractivity contribution in [3.8, 4) is 5.75 Å². The van der Waals surface area contributed by atoms with Gasteiger partial charge in [-0.05, 0) is 57.0 Å². The van der Waals surface area contributed by atoms with E-state index in [1.165, 1.54) is 33.1 Å². The molecular weight excluding hydrogens is 463 g/mol. The first kappa shape index (κ1) is 24.5. The standard InChI is InChI=1S/C21H22F3N3O5S/c1-12-5-7-16(15(11-12)32-4)33(30,31)26-19(29)20(3)9-10-27(20)18(28)14-6-8-17(21(22,23)24)25-13(14)2/h5-8,11H,9-10H2,1-4H3,(H,26,29). The van der Waals surface area contributed by atoms with Gasteiger partial charge in [-0.1, -0.05) is 6.07 Å². The summed E-state index contributed by atoms with van der Waals surface area (Å²) in [5, 5.41) is 0. The van der Waals surface area contributed by atoms with Gasteiger partial charge < -0.3 is 9.64 Å². The Morgan fingerprint density at radius 1 is 1.18 bits per heavy atom. The fourth-order valence-electron chi connectivity index (χ4n) is 3.49. The normalized spacial score (nSPS) is 18.5. The van der Waals surface area contributed by atoms with E-state index in [-0.39, 0.29) is 34.9 Å². The Hall–Kier alpha value is -3.15. The van der Waals surface area contributed by atoms with Crippen molar-refractivity contribution in [3.63, 3.8) is 0 Å². The van der Waals surface area contributed by atoms with E-state index in [0.29, 0.717) is 6.07 Å². The topological polar surface area (TPSA) is 106 Å². The number of nitrogens with zero attached hydrogens (tertiary/aromatic N) is 2. The number of carbonyl (C=O) groups is 2. The molecule has 1 aromatic carbocycles. The first-order chi connectivity index (χ1) is 15.2. The highest BCUT2D eigenvalue weighted by atomic mass is 32.2. The number of halogens is 3. The van der Waals surface area contributed by atoms with Crippen LogP contribution in [0, 0.1) is 13.8 Å². The number of sulfonamides is 1. The molecule has 1 saturated heterocycles. The fraction of sp³-hybridized carbons (Fsp3) is 0.381. The number of alkyl halides is 3. The van der Waals surface area contributed by atoms with Gasteiger partial charge >= 0.3 is 6.18 Å². The minimum absolute atomic E-state index is 0.0495. The number of rotatable bonds is 5. The minimum atomic E-state index is -4.66. The largest absolute Gasteiger partial charge is 0.495 e. The molecule has 178 valence electrons. The number of carbonyl (C=O) groups excluding carboxylic acids is 2. The summed E-state index contributed by atoms with van der Waals surface area (Å²) < 4.78 is 71.3. The minimum Gasteiger partial charge on any atom is -0.495 e. The predicted octanol–water partition coefficient (Wildman–Crippen LogP) is 2.84. The molecule has 8 nitrogen and oxygen atoms in total. The molecule has 1 aliphatic rings. The van der Waals surface area contributed by atoms with Crippen molar-refractivity contribution < 1.29 is 35.9 Å². The Kier molecular flexibility index (Phi) is 6.18. The van der Waals surface area contributed by atoms with Crippen LogP contribution in [0.2, 0.25) is 0 Å². The Bertz CT molecular complexity index is 1230. The van der Waals surface area contributed by atoms with Crippen LogP contribution >= 0.6 is 0 Å². The summed E-state index contributed by atoms with van der Waals surface area (Å²) in [6.45, 7) is 4.51. The lowest BCUT2D eigenvalue weighted by molar-refractivity contribution is -0.141.